The molecule has 0 atom stereocenters. The van der Waals surface area contributed by atoms with E-state index < -0.39 is 0 Å². The van der Waals surface area contributed by atoms with Crippen LogP contribution in [-0.4, -0.2) is 46.7 Å². The van der Waals surface area contributed by atoms with Crippen molar-refractivity contribution >= 4 is 35.1 Å². The molecule has 0 bridgehead atoms. The van der Waals surface area contributed by atoms with Gasteiger partial charge in [0.15, 0.2) is 0 Å². The summed E-state index contributed by atoms with van der Waals surface area (Å²) in [6.45, 7) is 5.55. The molecule has 2 heterocycles. The van der Waals surface area contributed by atoms with E-state index in [-0.39, 0.29) is 12.1 Å². The van der Waals surface area contributed by atoms with E-state index in [1.165, 1.54) is 0 Å². The van der Waals surface area contributed by atoms with Crippen LogP contribution in [0.1, 0.15) is 25.3 Å². The van der Waals surface area contributed by atoms with Crippen LogP contribution < -0.4 is 10.6 Å². The molecule has 2 N–H and O–H groups in total. The first-order chi connectivity index (χ1) is 13.0. The fourth-order valence-corrected chi connectivity index (χ4v) is 3.14. The first-order valence-electron chi connectivity index (χ1n) is 9.09. The number of halogens is 1. The van der Waals surface area contributed by atoms with Gasteiger partial charge in [-0.25, -0.2) is 9.78 Å². The number of carbonyl (C=O) groups excluding carboxylic acids is 1. The van der Waals surface area contributed by atoms with Crippen molar-refractivity contribution in [3.63, 3.8) is 0 Å². The Morgan fingerprint density at radius 3 is 2.85 bits per heavy atom. The van der Waals surface area contributed by atoms with E-state index in [1.54, 1.807) is 11.1 Å². The van der Waals surface area contributed by atoms with Crippen LogP contribution in [0.25, 0.3) is 0 Å². The molecular weight excluding hydrogens is 366 g/mol. The zero-order chi connectivity index (χ0) is 19.2. The van der Waals surface area contributed by atoms with Crippen LogP contribution in [0.4, 0.5) is 22.2 Å². The molecule has 1 fully saturated rings. The van der Waals surface area contributed by atoms with Gasteiger partial charge in [0.25, 0.3) is 0 Å². The minimum absolute atomic E-state index is 0.221. The van der Waals surface area contributed by atoms with E-state index >= 15 is 0 Å². The molecule has 1 saturated heterocycles. The quantitative estimate of drug-likeness (QED) is 0.797. The SMILES string of the molecule is CCOC(=O)N1CCC(Nc2nccc(Nc3cc(Cl)ccc3C)n2)CC1. The molecule has 8 heteroatoms. The van der Waals surface area contributed by atoms with Gasteiger partial charge in [-0.15, -0.1) is 0 Å². The van der Waals surface area contributed by atoms with Gasteiger partial charge in [-0.1, -0.05) is 17.7 Å². The van der Waals surface area contributed by atoms with Crippen molar-refractivity contribution in [3.8, 4) is 0 Å². The van der Waals surface area contributed by atoms with E-state index in [4.69, 9.17) is 16.3 Å². The van der Waals surface area contributed by atoms with Crippen LogP contribution in [0.3, 0.4) is 0 Å². The molecule has 144 valence electrons. The summed E-state index contributed by atoms with van der Waals surface area (Å²) in [4.78, 5) is 22.4. The number of rotatable bonds is 5. The molecule has 1 aliphatic rings. The van der Waals surface area contributed by atoms with Gasteiger partial charge >= 0.3 is 6.09 Å². The highest BCUT2D eigenvalue weighted by Gasteiger charge is 2.23. The molecule has 2 aromatic rings. The van der Waals surface area contributed by atoms with Crippen molar-refractivity contribution < 1.29 is 9.53 Å². The highest BCUT2D eigenvalue weighted by atomic mass is 35.5. The highest BCUT2D eigenvalue weighted by molar-refractivity contribution is 6.30. The Hall–Kier alpha value is -2.54. The van der Waals surface area contributed by atoms with Crippen LogP contribution in [0, 0.1) is 6.92 Å². The van der Waals surface area contributed by atoms with Crippen molar-refractivity contribution in [2.75, 3.05) is 30.3 Å². The molecule has 27 heavy (non-hydrogen) atoms. The molecule has 0 unspecified atom stereocenters. The van der Waals surface area contributed by atoms with E-state index in [9.17, 15) is 4.79 Å². The lowest BCUT2D eigenvalue weighted by molar-refractivity contribution is 0.0983. The average Bonchev–Trinajstić information content (AvgIpc) is 2.66. The summed E-state index contributed by atoms with van der Waals surface area (Å²) in [5, 5.41) is 7.31. The van der Waals surface area contributed by atoms with E-state index in [1.807, 2.05) is 38.1 Å². The summed E-state index contributed by atoms with van der Waals surface area (Å²) in [5.74, 6) is 1.26. The normalized spacial score (nSPS) is 14.7. The molecule has 0 radical (unpaired) electrons. The topological polar surface area (TPSA) is 79.4 Å². The Labute approximate surface area is 164 Å². The smallest absolute Gasteiger partial charge is 0.409 e. The fourth-order valence-electron chi connectivity index (χ4n) is 2.97. The van der Waals surface area contributed by atoms with Gasteiger partial charge in [-0.2, -0.15) is 4.98 Å². The van der Waals surface area contributed by atoms with Crippen molar-refractivity contribution in [3.05, 3.63) is 41.0 Å². The van der Waals surface area contributed by atoms with Gasteiger partial charge in [0, 0.05) is 36.0 Å². The molecule has 1 aromatic carbocycles. The van der Waals surface area contributed by atoms with Crippen LogP contribution >= 0.6 is 11.6 Å². The Morgan fingerprint density at radius 2 is 2.11 bits per heavy atom. The Kier molecular flexibility index (Phi) is 6.34. The van der Waals surface area contributed by atoms with Gasteiger partial charge in [-0.3, -0.25) is 0 Å². The summed E-state index contributed by atoms with van der Waals surface area (Å²) in [7, 11) is 0. The summed E-state index contributed by atoms with van der Waals surface area (Å²) >= 11 is 6.07. The summed E-state index contributed by atoms with van der Waals surface area (Å²) in [6.07, 6.45) is 3.13. The molecule has 7 nitrogen and oxygen atoms in total. The van der Waals surface area contributed by atoms with Gasteiger partial charge < -0.3 is 20.3 Å². The number of benzene rings is 1. The fraction of sp³-hybridized carbons (Fsp3) is 0.421. The maximum absolute atomic E-state index is 11.8. The zero-order valence-electron chi connectivity index (χ0n) is 15.5. The molecule has 0 saturated carbocycles. The van der Waals surface area contributed by atoms with Crippen LogP contribution in [0.15, 0.2) is 30.5 Å². The molecule has 0 spiro atoms. The van der Waals surface area contributed by atoms with E-state index in [2.05, 4.69) is 20.6 Å². The third kappa shape index (κ3) is 5.23. The number of ether oxygens (including phenoxy) is 1. The van der Waals surface area contributed by atoms with Crippen LogP contribution in [-0.2, 0) is 4.74 Å². The van der Waals surface area contributed by atoms with Crippen molar-refractivity contribution in [1.29, 1.82) is 0 Å². The molecule has 1 aliphatic heterocycles. The number of hydrogen-bond acceptors (Lipinski definition) is 6. The Morgan fingerprint density at radius 1 is 1.33 bits per heavy atom. The number of hydrogen-bond donors (Lipinski definition) is 2. The zero-order valence-corrected chi connectivity index (χ0v) is 16.3. The van der Waals surface area contributed by atoms with Gasteiger partial charge in [0.1, 0.15) is 5.82 Å². The first kappa shape index (κ1) is 19.2. The summed E-state index contributed by atoms with van der Waals surface area (Å²) in [6, 6.07) is 7.73. The predicted octanol–water partition coefficient (Wildman–Crippen LogP) is 4.21. The third-order valence-corrected chi connectivity index (χ3v) is 4.71. The summed E-state index contributed by atoms with van der Waals surface area (Å²) in [5.41, 5.74) is 1.99. The second kappa shape index (κ2) is 8.90. The number of nitrogens with zero attached hydrogens (tertiary/aromatic N) is 3. The number of aromatic nitrogens is 2. The highest BCUT2D eigenvalue weighted by Crippen LogP contribution is 2.24. The van der Waals surface area contributed by atoms with Crippen molar-refractivity contribution in [2.24, 2.45) is 0 Å². The third-order valence-electron chi connectivity index (χ3n) is 4.47. The molecule has 1 amide bonds. The monoisotopic (exact) mass is 389 g/mol. The van der Waals surface area contributed by atoms with E-state index in [0.29, 0.717) is 36.5 Å². The second-order valence-electron chi connectivity index (χ2n) is 6.45. The van der Waals surface area contributed by atoms with Gasteiger partial charge in [-0.05, 0) is 50.5 Å². The largest absolute Gasteiger partial charge is 0.450 e. The van der Waals surface area contributed by atoms with E-state index in [0.717, 1.165) is 24.1 Å². The number of aryl methyl sites for hydroxylation is 1. The second-order valence-corrected chi connectivity index (χ2v) is 6.89. The maximum atomic E-state index is 11.8. The number of anilines is 3. The lowest BCUT2D eigenvalue weighted by Gasteiger charge is -2.31. The number of amides is 1. The number of piperidine rings is 1. The minimum Gasteiger partial charge on any atom is -0.450 e. The number of carbonyl (C=O) groups is 1. The van der Waals surface area contributed by atoms with Gasteiger partial charge in [0.05, 0.1) is 6.61 Å². The summed E-state index contributed by atoms with van der Waals surface area (Å²) < 4.78 is 5.05. The molecule has 0 aliphatic carbocycles. The number of nitrogens with one attached hydrogen (secondary N) is 2. The Balaban J connectivity index is 1.58. The van der Waals surface area contributed by atoms with Gasteiger partial charge in [0.2, 0.25) is 5.95 Å². The number of likely N-dealkylation sites (tertiary alicyclic amines) is 1. The van der Waals surface area contributed by atoms with Crippen molar-refractivity contribution in [2.45, 2.75) is 32.7 Å². The van der Waals surface area contributed by atoms with Crippen LogP contribution in [0.2, 0.25) is 5.02 Å². The Bertz CT molecular complexity index is 793. The standard InChI is InChI=1S/C19H24ClN5O2/c1-3-27-19(26)25-10-7-15(8-11-25)22-18-21-9-6-17(24-18)23-16-12-14(20)5-4-13(16)2/h4-6,9,12,15H,3,7-8,10-11H2,1-2H3,(H2,21,22,23,24). The maximum Gasteiger partial charge on any atom is 0.409 e. The lowest BCUT2D eigenvalue weighted by atomic mass is 10.1. The minimum atomic E-state index is -0.240. The first-order valence-corrected chi connectivity index (χ1v) is 9.47. The molecule has 3 rings (SSSR count). The predicted molar refractivity (Wildman–Crippen MR) is 107 cm³/mol. The van der Waals surface area contributed by atoms with Crippen LogP contribution in [0.5, 0.6) is 0 Å². The average molecular weight is 390 g/mol. The lowest BCUT2D eigenvalue weighted by Crippen LogP contribution is -2.42. The van der Waals surface area contributed by atoms with Crippen molar-refractivity contribution in [1.82, 2.24) is 14.9 Å². The molecule has 1 aromatic heterocycles. The molecular formula is C19H24ClN5O2.